The van der Waals surface area contributed by atoms with E-state index in [9.17, 15) is 22.4 Å². The molecule has 4 rings (SSSR count). The number of para-hydroxylation sites is 1. The van der Waals surface area contributed by atoms with E-state index >= 15 is 0 Å². The van der Waals surface area contributed by atoms with Gasteiger partial charge in [0.15, 0.2) is 17.3 Å². The van der Waals surface area contributed by atoms with E-state index in [4.69, 9.17) is 0 Å². The number of carbonyl (C=O) groups is 1. The Hall–Kier alpha value is -3.30. The highest BCUT2D eigenvalue weighted by molar-refractivity contribution is 5.93. The molecule has 10 heteroatoms. The van der Waals surface area contributed by atoms with Crippen LogP contribution in [-0.2, 0) is 11.3 Å². The van der Waals surface area contributed by atoms with Crippen LogP contribution >= 0.6 is 0 Å². The normalized spacial score (nSPS) is 14.6. The average Bonchev–Trinajstić information content (AvgIpc) is 3.17. The lowest BCUT2D eigenvalue weighted by atomic mass is 10.1. The maximum absolute atomic E-state index is 13.5. The Bertz CT molecular complexity index is 1080. The van der Waals surface area contributed by atoms with Crippen molar-refractivity contribution in [2.45, 2.75) is 19.3 Å². The summed E-state index contributed by atoms with van der Waals surface area (Å²) in [6.45, 7) is -0.212. The van der Waals surface area contributed by atoms with Gasteiger partial charge in [-0.1, -0.05) is 12.1 Å². The molecule has 0 aliphatic carbocycles. The number of hydrogen-bond acceptors (Lipinski definition) is 5. The van der Waals surface area contributed by atoms with Crippen molar-refractivity contribution in [2.24, 2.45) is 0 Å². The van der Waals surface area contributed by atoms with Crippen LogP contribution in [0, 0.1) is 0 Å². The van der Waals surface area contributed by atoms with Gasteiger partial charge in [-0.2, -0.15) is 0 Å². The SMILES string of the molecule is COC(=O)c1ccc2c(c1)nc(C(F)F)n2Cc1cccc2c1OC(F)(F)O2. The number of rotatable bonds is 4. The average molecular weight is 396 g/mol. The van der Waals surface area contributed by atoms with Crippen LogP contribution in [0.5, 0.6) is 11.5 Å². The standard InChI is InChI=1S/C18H12F4N2O4/c1-26-17(25)9-5-6-12-11(7-9)23-16(15(19)20)24(12)8-10-3-2-4-13-14(10)28-18(21,22)27-13/h2-7,15H,8H2,1H3. The van der Waals surface area contributed by atoms with E-state index in [-0.39, 0.29) is 34.7 Å². The Balaban J connectivity index is 1.80. The van der Waals surface area contributed by atoms with E-state index in [1.54, 1.807) is 0 Å². The molecule has 0 amide bonds. The largest absolute Gasteiger partial charge is 0.586 e. The quantitative estimate of drug-likeness (QED) is 0.490. The van der Waals surface area contributed by atoms with E-state index in [0.29, 0.717) is 5.52 Å². The molecule has 0 bridgehead atoms. The van der Waals surface area contributed by atoms with Crippen LogP contribution < -0.4 is 9.47 Å². The molecular weight excluding hydrogens is 384 g/mol. The molecule has 3 aromatic rings. The van der Waals surface area contributed by atoms with E-state index < -0.39 is 24.5 Å². The molecule has 0 radical (unpaired) electrons. The molecular formula is C18H12F4N2O4. The van der Waals surface area contributed by atoms with Crippen molar-refractivity contribution in [1.29, 1.82) is 0 Å². The van der Waals surface area contributed by atoms with E-state index in [1.165, 1.54) is 48.1 Å². The third-order valence-electron chi connectivity index (χ3n) is 4.23. The summed E-state index contributed by atoms with van der Waals surface area (Å²) in [5.41, 5.74) is 0.810. The predicted octanol–water partition coefficient (Wildman–Crippen LogP) is 4.13. The predicted molar refractivity (Wildman–Crippen MR) is 87.8 cm³/mol. The number of nitrogens with zero attached hydrogens (tertiary/aromatic N) is 2. The lowest BCUT2D eigenvalue weighted by Gasteiger charge is -2.11. The van der Waals surface area contributed by atoms with E-state index in [1.807, 2.05) is 0 Å². The lowest BCUT2D eigenvalue weighted by Crippen LogP contribution is -2.26. The minimum Gasteiger partial charge on any atom is -0.465 e. The maximum Gasteiger partial charge on any atom is 0.586 e. The molecule has 2 aromatic carbocycles. The van der Waals surface area contributed by atoms with Gasteiger partial charge in [0.25, 0.3) is 6.43 Å². The van der Waals surface area contributed by atoms with Gasteiger partial charge in [0, 0.05) is 5.56 Å². The van der Waals surface area contributed by atoms with Crippen molar-refractivity contribution >= 4 is 17.0 Å². The molecule has 0 N–H and O–H groups in total. The van der Waals surface area contributed by atoms with Crippen LogP contribution in [0.4, 0.5) is 17.6 Å². The summed E-state index contributed by atoms with van der Waals surface area (Å²) in [7, 11) is 1.20. The zero-order valence-electron chi connectivity index (χ0n) is 14.3. The number of alkyl halides is 4. The Morgan fingerprint density at radius 3 is 2.75 bits per heavy atom. The van der Waals surface area contributed by atoms with Gasteiger partial charge in [0.1, 0.15) is 0 Å². The zero-order chi connectivity index (χ0) is 20.1. The van der Waals surface area contributed by atoms with Gasteiger partial charge >= 0.3 is 12.3 Å². The van der Waals surface area contributed by atoms with Crippen molar-refractivity contribution in [2.75, 3.05) is 7.11 Å². The summed E-state index contributed by atoms with van der Waals surface area (Å²) in [4.78, 5) is 15.5. The van der Waals surface area contributed by atoms with Gasteiger partial charge in [-0.25, -0.2) is 18.6 Å². The highest BCUT2D eigenvalue weighted by atomic mass is 19.3. The Morgan fingerprint density at radius 2 is 2.04 bits per heavy atom. The van der Waals surface area contributed by atoms with Crippen molar-refractivity contribution < 1.29 is 36.6 Å². The molecule has 0 saturated heterocycles. The summed E-state index contributed by atoms with van der Waals surface area (Å²) in [6, 6.07) is 8.39. The van der Waals surface area contributed by atoms with Gasteiger partial charge < -0.3 is 18.8 Å². The Labute approximate surface area is 155 Å². The van der Waals surface area contributed by atoms with Crippen LogP contribution in [0.3, 0.4) is 0 Å². The van der Waals surface area contributed by atoms with E-state index in [2.05, 4.69) is 19.2 Å². The number of methoxy groups -OCH3 is 1. The van der Waals surface area contributed by atoms with Crippen molar-refractivity contribution in [1.82, 2.24) is 9.55 Å². The molecule has 28 heavy (non-hydrogen) atoms. The maximum atomic E-state index is 13.5. The fraction of sp³-hybridized carbons (Fsp3) is 0.222. The summed E-state index contributed by atoms with van der Waals surface area (Å²) >= 11 is 0. The first-order valence-corrected chi connectivity index (χ1v) is 8.03. The first kappa shape index (κ1) is 18.1. The molecule has 6 nitrogen and oxygen atoms in total. The molecule has 1 aliphatic heterocycles. The number of esters is 1. The number of aromatic nitrogens is 2. The number of imidazole rings is 1. The number of benzene rings is 2. The minimum absolute atomic E-state index is 0.147. The van der Waals surface area contributed by atoms with Crippen LogP contribution in [0.1, 0.15) is 28.2 Å². The Morgan fingerprint density at radius 1 is 1.25 bits per heavy atom. The Kier molecular flexibility index (Phi) is 4.13. The third-order valence-corrected chi connectivity index (χ3v) is 4.23. The third kappa shape index (κ3) is 3.00. The monoisotopic (exact) mass is 396 g/mol. The lowest BCUT2D eigenvalue weighted by molar-refractivity contribution is -0.286. The summed E-state index contributed by atoms with van der Waals surface area (Å²) in [5.74, 6) is -1.61. The molecule has 146 valence electrons. The zero-order valence-corrected chi connectivity index (χ0v) is 14.3. The van der Waals surface area contributed by atoms with Gasteiger partial charge in [-0.05, 0) is 24.3 Å². The van der Waals surface area contributed by atoms with Gasteiger partial charge in [0.05, 0.1) is 30.3 Å². The van der Waals surface area contributed by atoms with Crippen LogP contribution in [-0.4, -0.2) is 28.9 Å². The van der Waals surface area contributed by atoms with Gasteiger partial charge in [0.2, 0.25) is 0 Å². The number of hydrogen-bond donors (Lipinski definition) is 0. The fourth-order valence-electron chi connectivity index (χ4n) is 3.05. The van der Waals surface area contributed by atoms with Crippen LogP contribution in [0.15, 0.2) is 36.4 Å². The molecule has 2 heterocycles. The number of fused-ring (bicyclic) bond motifs is 2. The second kappa shape index (κ2) is 6.39. The van der Waals surface area contributed by atoms with Crippen LogP contribution in [0.2, 0.25) is 0 Å². The summed E-state index contributed by atoms with van der Waals surface area (Å²) < 4.78 is 68.5. The number of halogens is 4. The first-order chi connectivity index (χ1) is 13.3. The molecule has 0 atom stereocenters. The minimum atomic E-state index is -3.82. The topological polar surface area (TPSA) is 62.6 Å². The molecule has 0 unspecified atom stereocenters. The van der Waals surface area contributed by atoms with Gasteiger partial charge in [-0.15, -0.1) is 8.78 Å². The smallest absolute Gasteiger partial charge is 0.465 e. The van der Waals surface area contributed by atoms with Crippen molar-refractivity contribution in [3.63, 3.8) is 0 Å². The van der Waals surface area contributed by atoms with Crippen molar-refractivity contribution in [3.8, 4) is 11.5 Å². The summed E-state index contributed by atoms with van der Waals surface area (Å²) in [5, 5.41) is 0. The fourth-order valence-corrected chi connectivity index (χ4v) is 3.05. The highest BCUT2D eigenvalue weighted by Crippen LogP contribution is 2.43. The van der Waals surface area contributed by atoms with Gasteiger partial charge in [-0.3, -0.25) is 0 Å². The second-order valence-corrected chi connectivity index (χ2v) is 5.96. The molecule has 0 spiro atoms. The van der Waals surface area contributed by atoms with Crippen molar-refractivity contribution in [3.05, 3.63) is 53.3 Å². The highest BCUT2D eigenvalue weighted by Gasteiger charge is 2.44. The second-order valence-electron chi connectivity index (χ2n) is 5.96. The first-order valence-electron chi connectivity index (χ1n) is 8.03. The number of ether oxygens (including phenoxy) is 3. The molecule has 1 aromatic heterocycles. The van der Waals surface area contributed by atoms with Crippen LogP contribution in [0.25, 0.3) is 11.0 Å². The molecule has 0 saturated carbocycles. The summed E-state index contributed by atoms with van der Waals surface area (Å²) in [6.07, 6.45) is -6.75. The number of carbonyl (C=O) groups excluding carboxylic acids is 1. The molecule has 0 fully saturated rings. The van der Waals surface area contributed by atoms with E-state index in [0.717, 1.165) is 0 Å². The molecule has 1 aliphatic rings.